The van der Waals surface area contributed by atoms with Crippen LogP contribution in [0.4, 0.5) is 19.1 Å². The summed E-state index contributed by atoms with van der Waals surface area (Å²) in [5.74, 6) is -0.159. The second-order valence-corrected chi connectivity index (χ2v) is 5.26. The van der Waals surface area contributed by atoms with Crippen molar-refractivity contribution in [3.8, 4) is 0 Å². The van der Waals surface area contributed by atoms with Gasteiger partial charge < -0.3 is 5.73 Å². The molecule has 0 aromatic carbocycles. The van der Waals surface area contributed by atoms with Crippen LogP contribution in [0.5, 0.6) is 0 Å². The molecule has 18 heavy (non-hydrogen) atoms. The Morgan fingerprint density at radius 2 is 1.83 bits per heavy atom. The van der Waals surface area contributed by atoms with Gasteiger partial charge in [0.25, 0.3) is 0 Å². The summed E-state index contributed by atoms with van der Waals surface area (Å²) >= 11 is 0. The fourth-order valence-corrected chi connectivity index (χ4v) is 2.50. The van der Waals surface area contributed by atoms with Crippen LogP contribution < -0.4 is 5.73 Å². The molecule has 102 valence electrons. The summed E-state index contributed by atoms with van der Waals surface area (Å²) in [5, 5.41) is 0. The molecule has 0 fully saturated rings. The third-order valence-corrected chi connectivity index (χ3v) is 3.87. The highest BCUT2D eigenvalue weighted by molar-refractivity contribution is 7.89. The van der Waals surface area contributed by atoms with Gasteiger partial charge in [0.1, 0.15) is 11.4 Å². The van der Waals surface area contributed by atoms with Gasteiger partial charge in [-0.15, -0.1) is 0 Å². The molecule has 0 unspecified atom stereocenters. The highest BCUT2D eigenvalue weighted by Crippen LogP contribution is 2.21. The third-order valence-electron chi connectivity index (χ3n) is 1.99. The minimum atomic E-state index is -4.61. The molecule has 0 saturated carbocycles. The Hall–Kier alpha value is -1.42. The van der Waals surface area contributed by atoms with E-state index in [0.29, 0.717) is 4.31 Å². The van der Waals surface area contributed by atoms with Crippen molar-refractivity contribution >= 4 is 16.0 Å². The molecule has 6 nitrogen and oxygen atoms in total. The monoisotopic (exact) mass is 284 g/mol. The van der Waals surface area contributed by atoms with E-state index < -0.39 is 27.6 Å². The van der Waals surface area contributed by atoms with Crippen molar-refractivity contribution in [2.24, 2.45) is 0 Å². The largest absolute Gasteiger partial charge is 0.402 e. The van der Waals surface area contributed by atoms with Gasteiger partial charge in [-0.3, -0.25) is 0 Å². The molecule has 1 aromatic rings. The number of nitrogens with zero attached hydrogens (tertiary/aromatic N) is 3. The summed E-state index contributed by atoms with van der Waals surface area (Å²) in [6.45, 7) is -0.566. The van der Waals surface area contributed by atoms with Gasteiger partial charge in [0, 0.05) is 6.54 Å². The average molecular weight is 284 g/mol. The molecule has 2 N–H and O–H groups in total. The Morgan fingerprint density at radius 3 is 2.22 bits per heavy atom. The lowest BCUT2D eigenvalue weighted by Gasteiger charge is -2.21. The molecule has 0 radical (unpaired) electrons. The van der Waals surface area contributed by atoms with E-state index >= 15 is 0 Å². The SMILES string of the molecule is CCN(CC(F)(F)F)S(=O)(=O)c1cnc(N)nc1. The Kier molecular flexibility index (Phi) is 4.12. The predicted molar refractivity (Wildman–Crippen MR) is 56.9 cm³/mol. The van der Waals surface area contributed by atoms with Crippen LogP contribution in [0.3, 0.4) is 0 Å². The lowest BCUT2D eigenvalue weighted by atomic mass is 10.6. The van der Waals surface area contributed by atoms with Crippen molar-refractivity contribution in [3.05, 3.63) is 12.4 Å². The molecule has 1 rings (SSSR count). The number of hydrogen-bond acceptors (Lipinski definition) is 5. The summed E-state index contributed by atoms with van der Waals surface area (Å²) in [6, 6.07) is 0. The summed E-state index contributed by atoms with van der Waals surface area (Å²) in [4.78, 5) is 6.45. The van der Waals surface area contributed by atoms with E-state index in [9.17, 15) is 21.6 Å². The van der Waals surface area contributed by atoms with E-state index in [-0.39, 0.29) is 12.5 Å². The normalized spacial score (nSPS) is 12.9. The Labute approximate surface area is 102 Å². The van der Waals surface area contributed by atoms with Crippen LogP contribution in [0.2, 0.25) is 0 Å². The number of halogens is 3. The minimum Gasteiger partial charge on any atom is -0.368 e. The van der Waals surface area contributed by atoms with E-state index in [1.54, 1.807) is 0 Å². The first-order chi connectivity index (χ1) is 8.16. The fourth-order valence-electron chi connectivity index (χ4n) is 1.18. The van der Waals surface area contributed by atoms with Gasteiger partial charge in [0.2, 0.25) is 16.0 Å². The number of nitrogens with two attached hydrogens (primary N) is 1. The summed E-state index contributed by atoms with van der Waals surface area (Å²) in [7, 11) is -4.27. The van der Waals surface area contributed by atoms with Crippen molar-refractivity contribution in [2.75, 3.05) is 18.8 Å². The highest BCUT2D eigenvalue weighted by atomic mass is 32.2. The molecule has 0 saturated heterocycles. The van der Waals surface area contributed by atoms with Crippen LogP contribution in [0.15, 0.2) is 17.3 Å². The lowest BCUT2D eigenvalue weighted by molar-refractivity contribution is -0.135. The average Bonchev–Trinajstić information content (AvgIpc) is 2.25. The van der Waals surface area contributed by atoms with Gasteiger partial charge in [-0.25, -0.2) is 18.4 Å². The number of nitrogen functional groups attached to an aromatic ring is 1. The molecule has 10 heteroatoms. The van der Waals surface area contributed by atoms with Crippen LogP contribution in [-0.4, -0.2) is 42.0 Å². The maximum absolute atomic E-state index is 12.2. The number of alkyl halides is 3. The first-order valence-electron chi connectivity index (χ1n) is 4.81. The van der Waals surface area contributed by atoms with Gasteiger partial charge in [-0.05, 0) is 0 Å². The molecule has 0 aliphatic carbocycles. The zero-order valence-electron chi connectivity index (χ0n) is 9.35. The Bertz CT molecular complexity index is 500. The molecule has 0 aliphatic heterocycles. The zero-order chi connectivity index (χ0) is 14.0. The molecule has 0 bridgehead atoms. The second-order valence-electron chi connectivity index (χ2n) is 3.32. The van der Waals surface area contributed by atoms with Crippen molar-refractivity contribution < 1.29 is 21.6 Å². The van der Waals surface area contributed by atoms with Crippen molar-refractivity contribution in [1.82, 2.24) is 14.3 Å². The standard InChI is InChI=1S/C8H11F3N4O2S/c1-2-15(5-8(9,10)11)18(16,17)6-3-13-7(12)14-4-6/h3-4H,2,5H2,1H3,(H2,12,13,14). The molecule has 0 spiro atoms. The van der Waals surface area contributed by atoms with Crippen molar-refractivity contribution in [1.29, 1.82) is 0 Å². The quantitative estimate of drug-likeness (QED) is 0.876. The highest BCUT2D eigenvalue weighted by Gasteiger charge is 2.36. The van der Waals surface area contributed by atoms with Gasteiger partial charge in [-0.1, -0.05) is 6.92 Å². The zero-order valence-corrected chi connectivity index (χ0v) is 10.2. The van der Waals surface area contributed by atoms with E-state index in [2.05, 4.69) is 9.97 Å². The molecule has 0 aliphatic rings. The smallest absolute Gasteiger partial charge is 0.368 e. The van der Waals surface area contributed by atoms with Gasteiger partial charge in [0.05, 0.1) is 12.4 Å². The molecular weight excluding hydrogens is 273 g/mol. The molecule has 1 heterocycles. The van der Waals surface area contributed by atoms with Crippen LogP contribution >= 0.6 is 0 Å². The van der Waals surface area contributed by atoms with Crippen LogP contribution in [0.1, 0.15) is 6.92 Å². The van der Waals surface area contributed by atoms with E-state index in [1.165, 1.54) is 6.92 Å². The van der Waals surface area contributed by atoms with E-state index in [0.717, 1.165) is 12.4 Å². The topological polar surface area (TPSA) is 89.2 Å². The number of sulfonamides is 1. The van der Waals surface area contributed by atoms with Gasteiger partial charge >= 0.3 is 6.18 Å². The Morgan fingerprint density at radius 1 is 1.33 bits per heavy atom. The lowest BCUT2D eigenvalue weighted by Crippen LogP contribution is -2.38. The molecular formula is C8H11F3N4O2S. The van der Waals surface area contributed by atoms with E-state index in [1.807, 2.05) is 0 Å². The second kappa shape index (κ2) is 5.06. The van der Waals surface area contributed by atoms with Crippen molar-refractivity contribution in [3.63, 3.8) is 0 Å². The molecule has 1 aromatic heterocycles. The summed E-state index contributed by atoms with van der Waals surface area (Å²) in [6.07, 6.45) is -2.87. The van der Waals surface area contributed by atoms with Gasteiger partial charge in [0.15, 0.2) is 0 Å². The number of rotatable bonds is 4. The molecule has 0 atom stereocenters. The Balaban J connectivity index is 3.07. The summed E-state index contributed by atoms with van der Waals surface area (Å²) < 4.78 is 60.7. The van der Waals surface area contributed by atoms with E-state index in [4.69, 9.17) is 5.73 Å². The van der Waals surface area contributed by atoms with Crippen LogP contribution in [0, 0.1) is 0 Å². The first-order valence-corrected chi connectivity index (χ1v) is 6.25. The number of anilines is 1. The number of hydrogen-bond donors (Lipinski definition) is 1. The summed E-state index contributed by atoms with van der Waals surface area (Å²) in [5.41, 5.74) is 5.17. The van der Waals surface area contributed by atoms with Crippen molar-refractivity contribution in [2.45, 2.75) is 18.0 Å². The third kappa shape index (κ3) is 3.53. The van der Waals surface area contributed by atoms with Crippen LogP contribution in [-0.2, 0) is 10.0 Å². The number of aromatic nitrogens is 2. The van der Waals surface area contributed by atoms with Crippen LogP contribution in [0.25, 0.3) is 0 Å². The predicted octanol–water partition coefficient (Wildman–Crippen LogP) is 0.632. The first kappa shape index (κ1) is 14.6. The maximum Gasteiger partial charge on any atom is 0.402 e. The van der Waals surface area contributed by atoms with Gasteiger partial charge in [-0.2, -0.15) is 17.5 Å². The fraction of sp³-hybridized carbons (Fsp3) is 0.500. The molecule has 0 amide bonds. The maximum atomic E-state index is 12.2. The minimum absolute atomic E-state index is 0.159.